The summed E-state index contributed by atoms with van der Waals surface area (Å²) in [4.78, 5) is 2.22. The van der Waals surface area contributed by atoms with E-state index in [1.807, 2.05) is 14.0 Å². The maximum absolute atomic E-state index is 13.4. The number of morpholine rings is 1. The summed E-state index contributed by atoms with van der Waals surface area (Å²) in [5, 5.41) is 3.11. The van der Waals surface area contributed by atoms with Crippen LogP contribution in [0, 0.1) is 5.82 Å². The molecule has 1 aliphatic rings. The van der Waals surface area contributed by atoms with Crippen LogP contribution in [0.1, 0.15) is 18.5 Å². The van der Waals surface area contributed by atoms with Crippen molar-refractivity contribution in [2.45, 2.75) is 19.1 Å². The van der Waals surface area contributed by atoms with Gasteiger partial charge in [-0.15, -0.1) is 0 Å². The van der Waals surface area contributed by atoms with E-state index in [0.29, 0.717) is 12.4 Å². The molecule has 0 aromatic heterocycles. The van der Waals surface area contributed by atoms with Crippen LogP contribution in [-0.2, 0) is 4.74 Å². The predicted molar refractivity (Wildman–Crippen MR) is 76.6 cm³/mol. The number of hydrogen-bond donors (Lipinski definition) is 1. The molecule has 2 atom stereocenters. The minimum Gasteiger partial charge on any atom is -0.490 e. The van der Waals surface area contributed by atoms with Crippen LogP contribution < -0.4 is 10.1 Å². The van der Waals surface area contributed by atoms with Gasteiger partial charge in [0.1, 0.15) is 24.3 Å². The molecule has 112 valence electrons. The third-order valence-corrected chi connectivity index (χ3v) is 3.64. The molecule has 1 fully saturated rings. The molecular formula is C15H23FN2O2. The summed E-state index contributed by atoms with van der Waals surface area (Å²) in [6, 6.07) is 4.67. The molecule has 1 aromatic carbocycles. The van der Waals surface area contributed by atoms with Crippen molar-refractivity contribution in [2.75, 3.05) is 40.4 Å². The minimum atomic E-state index is -0.247. The van der Waals surface area contributed by atoms with Crippen molar-refractivity contribution in [3.05, 3.63) is 29.6 Å². The van der Waals surface area contributed by atoms with Gasteiger partial charge < -0.3 is 19.7 Å². The molecule has 0 spiro atoms. The first-order valence-corrected chi connectivity index (χ1v) is 7.00. The van der Waals surface area contributed by atoms with Crippen LogP contribution in [0.5, 0.6) is 5.75 Å². The maximum atomic E-state index is 13.4. The molecule has 2 rings (SSSR count). The fourth-order valence-corrected chi connectivity index (χ4v) is 2.30. The number of rotatable bonds is 5. The molecule has 20 heavy (non-hydrogen) atoms. The van der Waals surface area contributed by atoms with E-state index in [2.05, 4.69) is 17.3 Å². The average molecular weight is 282 g/mol. The minimum absolute atomic E-state index is 0.0376. The predicted octanol–water partition coefficient (Wildman–Crippen LogP) is 1.82. The first-order chi connectivity index (χ1) is 9.60. The Labute approximate surface area is 119 Å². The number of nitrogens with one attached hydrogen (secondary N) is 1. The molecular weight excluding hydrogens is 259 g/mol. The Bertz CT molecular complexity index is 442. The zero-order valence-electron chi connectivity index (χ0n) is 12.4. The summed E-state index contributed by atoms with van der Waals surface area (Å²) >= 11 is 0. The monoisotopic (exact) mass is 282 g/mol. The standard InChI is InChI=1S/C15H23FN2O2/c1-11(17-2)14-8-12(16)4-5-15(14)20-10-13-9-18(3)6-7-19-13/h4-5,8,11,13,17H,6-7,9-10H2,1-3H3. The van der Waals surface area contributed by atoms with E-state index in [1.165, 1.54) is 12.1 Å². The molecule has 1 aromatic rings. The van der Waals surface area contributed by atoms with Crippen LogP contribution in [0.25, 0.3) is 0 Å². The first-order valence-electron chi connectivity index (χ1n) is 7.00. The highest BCUT2D eigenvalue weighted by molar-refractivity contribution is 5.36. The maximum Gasteiger partial charge on any atom is 0.124 e. The lowest BCUT2D eigenvalue weighted by Gasteiger charge is -2.30. The van der Waals surface area contributed by atoms with Gasteiger partial charge in [0.15, 0.2) is 0 Å². The zero-order valence-corrected chi connectivity index (χ0v) is 12.4. The molecule has 1 N–H and O–H groups in total. The van der Waals surface area contributed by atoms with E-state index in [-0.39, 0.29) is 18.0 Å². The van der Waals surface area contributed by atoms with Gasteiger partial charge in [0.05, 0.1) is 6.61 Å². The van der Waals surface area contributed by atoms with Crippen molar-refractivity contribution in [2.24, 2.45) is 0 Å². The summed E-state index contributed by atoms with van der Waals surface area (Å²) in [5.41, 5.74) is 0.830. The van der Waals surface area contributed by atoms with Gasteiger partial charge in [-0.2, -0.15) is 0 Å². The van der Waals surface area contributed by atoms with E-state index < -0.39 is 0 Å². The number of halogens is 1. The quantitative estimate of drug-likeness (QED) is 0.893. The third-order valence-electron chi connectivity index (χ3n) is 3.64. The molecule has 2 unspecified atom stereocenters. The smallest absolute Gasteiger partial charge is 0.124 e. The van der Waals surface area contributed by atoms with E-state index in [4.69, 9.17) is 9.47 Å². The second-order valence-electron chi connectivity index (χ2n) is 5.26. The van der Waals surface area contributed by atoms with E-state index in [9.17, 15) is 4.39 Å². The number of nitrogens with zero attached hydrogens (tertiary/aromatic N) is 1. The van der Waals surface area contributed by atoms with Crippen LogP contribution in [0.3, 0.4) is 0 Å². The molecule has 0 radical (unpaired) electrons. The molecule has 0 bridgehead atoms. The molecule has 5 heteroatoms. The van der Waals surface area contributed by atoms with Crippen molar-refractivity contribution in [3.63, 3.8) is 0 Å². The Morgan fingerprint density at radius 2 is 2.35 bits per heavy atom. The van der Waals surface area contributed by atoms with Gasteiger partial charge in [-0.25, -0.2) is 4.39 Å². The van der Waals surface area contributed by atoms with Gasteiger partial charge in [0.25, 0.3) is 0 Å². The Kier molecular flexibility index (Phi) is 5.34. The zero-order chi connectivity index (χ0) is 14.5. The molecule has 1 heterocycles. The van der Waals surface area contributed by atoms with Crippen LogP contribution in [-0.4, -0.2) is 51.4 Å². The molecule has 1 aliphatic heterocycles. The Balaban J connectivity index is 2.01. The van der Waals surface area contributed by atoms with Crippen molar-refractivity contribution >= 4 is 0 Å². The first kappa shape index (κ1) is 15.2. The molecule has 1 saturated heterocycles. The van der Waals surface area contributed by atoms with E-state index in [1.54, 1.807) is 6.07 Å². The summed E-state index contributed by atoms with van der Waals surface area (Å²) < 4.78 is 24.9. The van der Waals surface area contributed by atoms with Crippen LogP contribution in [0.15, 0.2) is 18.2 Å². The second kappa shape index (κ2) is 7.02. The Morgan fingerprint density at radius 1 is 1.55 bits per heavy atom. The SMILES string of the molecule is CNC(C)c1cc(F)ccc1OCC1CN(C)CCO1. The van der Waals surface area contributed by atoms with Crippen LogP contribution >= 0.6 is 0 Å². The number of benzene rings is 1. The lowest BCUT2D eigenvalue weighted by molar-refractivity contribution is -0.0405. The summed E-state index contributed by atoms with van der Waals surface area (Å²) in [6.07, 6.45) is 0.0662. The topological polar surface area (TPSA) is 33.7 Å². The Morgan fingerprint density at radius 3 is 3.05 bits per heavy atom. The number of ether oxygens (including phenoxy) is 2. The van der Waals surface area contributed by atoms with Crippen LogP contribution in [0.2, 0.25) is 0 Å². The molecule has 0 amide bonds. The van der Waals surface area contributed by atoms with Gasteiger partial charge in [-0.1, -0.05) is 0 Å². The van der Waals surface area contributed by atoms with Crippen molar-refractivity contribution < 1.29 is 13.9 Å². The van der Waals surface area contributed by atoms with E-state index in [0.717, 1.165) is 25.3 Å². The van der Waals surface area contributed by atoms with Crippen LogP contribution in [0.4, 0.5) is 4.39 Å². The second-order valence-corrected chi connectivity index (χ2v) is 5.26. The Hall–Kier alpha value is -1.17. The largest absolute Gasteiger partial charge is 0.490 e. The van der Waals surface area contributed by atoms with Gasteiger partial charge in [0.2, 0.25) is 0 Å². The number of likely N-dealkylation sites (N-methyl/N-ethyl adjacent to an activating group) is 1. The van der Waals surface area contributed by atoms with Gasteiger partial charge in [-0.3, -0.25) is 0 Å². The van der Waals surface area contributed by atoms with Gasteiger partial charge >= 0.3 is 0 Å². The highest BCUT2D eigenvalue weighted by Gasteiger charge is 2.19. The molecule has 0 aliphatic carbocycles. The molecule has 0 saturated carbocycles. The van der Waals surface area contributed by atoms with Crippen molar-refractivity contribution in [1.82, 2.24) is 10.2 Å². The summed E-state index contributed by atoms with van der Waals surface area (Å²) in [5.74, 6) is 0.466. The highest BCUT2D eigenvalue weighted by atomic mass is 19.1. The number of hydrogen-bond acceptors (Lipinski definition) is 4. The third kappa shape index (κ3) is 3.91. The van der Waals surface area contributed by atoms with Gasteiger partial charge in [-0.05, 0) is 39.2 Å². The summed E-state index contributed by atoms with van der Waals surface area (Å²) in [6.45, 7) is 5.01. The average Bonchev–Trinajstić information content (AvgIpc) is 2.45. The molecule has 4 nitrogen and oxygen atoms in total. The van der Waals surface area contributed by atoms with Crippen molar-refractivity contribution in [1.29, 1.82) is 0 Å². The lowest BCUT2D eigenvalue weighted by Crippen LogP contribution is -2.42. The highest BCUT2D eigenvalue weighted by Crippen LogP contribution is 2.26. The van der Waals surface area contributed by atoms with Crippen molar-refractivity contribution in [3.8, 4) is 5.75 Å². The summed E-state index contributed by atoms with van der Waals surface area (Å²) in [7, 11) is 3.92. The fraction of sp³-hybridized carbons (Fsp3) is 0.600. The normalized spacial score (nSPS) is 21.7. The van der Waals surface area contributed by atoms with Gasteiger partial charge in [0, 0.05) is 24.7 Å². The lowest BCUT2D eigenvalue weighted by atomic mass is 10.1. The fourth-order valence-electron chi connectivity index (χ4n) is 2.30. The van der Waals surface area contributed by atoms with E-state index >= 15 is 0 Å².